The molecule has 31 heavy (non-hydrogen) atoms. The molecule has 1 fully saturated rings. The Morgan fingerprint density at radius 2 is 1.42 bits per heavy atom. The van der Waals surface area contributed by atoms with E-state index in [1.165, 1.54) is 30.3 Å². The van der Waals surface area contributed by atoms with Crippen LogP contribution in [-0.2, 0) is 10.0 Å². The van der Waals surface area contributed by atoms with Crippen molar-refractivity contribution in [2.45, 2.75) is 11.1 Å². The molecule has 7 nitrogen and oxygen atoms in total. The number of nitrogens with zero attached hydrogens (tertiary/aromatic N) is 2. The van der Waals surface area contributed by atoms with Crippen molar-refractivity contribution >= 4 is 15.9 Å². The fraction of sp³-hybridized carbons (Fsp3) is 0.261. The summed E-state index contributed by atoms with van der Waals surface area (Å²) < 4.78 is 31.2. The summed E-state index contributed by atoms with van der Waals surface area (Å²) in [6, 6.07) is 23.5. The maximum atomic E-state index is 12.8. The van der Waals surface area contributed by atoms with Gasteiger partial charge in [0.05, 0.1) is 6.04 Å². The Kier molecular flexibility index (Phi) is 6.22. The van der Waals surface area contributed by atoms with Crippen LogP contribution in [0, 0.1) is 0 Å². The molecule has 0 saturated carbocycles. The lowest BCUT2D eigenvalue weighted by Crippen LogP contribution is -2.49. The number of hydrogen-bond donors (Lipinski definition) is 1. The van der Waals surface area contributed by atoms with Crippen molar-refractivity contribution in [2.24, 2.45) is 0 Å². The Hall–Kier alpha value is -2.94. The van der Waals surface area contributed by atoms with E-state index in [4.69, 9.17) is 4.42 Å². The highest BCUT2D eigenvalue weighted by atomic mass is 32.2. The van der Waals surface area contributed by atoms with E-state index in [1.54, 1.807) is 4.90 Å². The van der Waals surface area contributed by atoms with E-state index in [0.29, 0.717) is 26.2 Å². The van der Waals surface area contributed by atoms with Crippen molar-refractivity contribution in [1.82, 2.24) is 14.5 Å². The maximum absolute atomic E-state index is 12.8. The van der Waals surface area contributed by atoms with E-state index in [-0.39, 0.29) is 22.8 Å². The van der Waals surface area contributed by atoms with Gasteiger partial charge < -0.3 is 9.32 Å². The number of benzene rings is 2. The predicted molar refractivity (Wildman–Crippen MR) is 117 cm³/mol. The minimum Gasteiger partial charge on any atom is -0.438 e. The molecule has 1 aromatic heterocycles. The van der Waals surface area contributed by atoms with Crippen molar-refractivity contribution in [3.8, 4) is 0 Å². The Morgan fingerprint density at radius 1 is 0.871 bits per heavy atom. The average Bonchev–Trinajstić information content (AvgIpc) is 3.32. The minimum absolute atomic E-state index is 0.0324. The van der Waals surface area contributed by atoms with Gasteiger partial charge in [-0.25, -0.2) is 13.1 Å². The Bertz CT molecular complexity index is 1080. The van der Waals surface area contributed by atoms with Crippen LogP contribution in [0.15, 0.2) is 82.3 Å². The van der Waals surface area contributed by atoms with Gasteiger partial charge in [-0.05, 0) is 30.3 Å². The molecule has 1 amide bonds. The molecular formula is C23H25N3O4S. The van der Waals surface area contributed by atoms with Gasteiger partial charge in [0.25, 0.3) is 15.9 Å². The minimum atomic E-state index is -3.72. The molecule has 2 heterocycles. The number of rotatable bonds is 6. The summed E-state index contributed by atoms with van der Waals surface area (Å²) in [5, 5.41) is -0.259. The van der Waals surface area contributed by atoms with Crippen LogP contribution in [0.3, 0.4) is 0 Å². The summed E-state index contributed by atoms with van der Waals surface area (Å²) >= 11 is 0. The van der Waals surface area contributed by atoms with E-state index >= 15 is 0 Å². The van der Waals surface area contributed by atoms with Crippen LogP contribution in [0.2, 0.25) is 0 Å². The monoisotopic (exact) mass is 439 g/mol. The van der Waals surface area contributed by atoms with Crippen LogP contribution in [0.1, 0.15) is 27.7 Å². The maximum Gasteiger partial charge on any atom is 0.289 e. The lowest BCUT2D eigenvalue weighted by atomic mass is 9.96. The highest BCUT2D eigenvalue weighted by molar-refractivity contribution is 7.89. The van der Waals surface area contributed by atoms with Crippen molar-refractivity contribution in [1.29, 1.82) is 0 Å². The van der Waals surface area contributed by atoms with Gasteiger partial charge in [-0.3, -0.25) is 9.69 Å². The van der Waals surface area contributed by atoms with Gasteiger partial charge in [0.2, 0.25) is 5.09 Å². The Balaban J connectivity index is 1.49. The molecule has 1 N–H and O–H groups in total. The first-order chi connectivity index (χ1) is 15.0. The molecule has 8 heteroatoms. The summed E-state index contributed by atoms with van der Waals surface area (Å²) in [5.41, 5.74) is 2.42. The van der Waals surface area contributed by atoms with Gasteiger partial charge in [0.1, 0.15) is 0 Å². The fourth-order valence-corrected chi connectivity index (χ4v) is 4.55. The molecule has 0 atom stereocenters. The second kappa shape index (κ2) is 9.05. The summed E-state index contributed by atoms with van der Waals surface area (Å²) in [6.45, 7) is 2.46. The molecule has 0 bridgehead atoms. The zero-order chi connectivity index (χ0) is 21.8. The van der Waals surface area contributed by atoms with Crippen LogP contribution < -0.4 is 4.72 Å². The van der Waals surface area contributed by atoms with Gasteiger partial charge in [-0.15, -0.1) is 0 Å². The molecule has 0 radical (unpaired) electrons. The SMILES string of the molecule is CNS(=O)(=O)c1ccc(C(=O)N2CCN(C(c3ccccc3)c3ccccc3)CC2)o1. The first-order valence-electron chi connectivity index (χ1n) is 10.2. The third-order valence-electron chi connectivity index (χ3n) is 5.52. The number of carbonyl (C=O) groups excluding carboxylic acids is 1. The number of hydrogen-bond acceptors (Lipinski definition) is 5. The van der Waals surface area contributed by atoms with Gasteiger partial charge in [-0.2, -0.15) is 0 Å². The molecule has 162 valence electrons. The molecule has 1 aliphatic heterocycles. The normalized spacial score (nSPS) is 15.4. The largest absolute Gasteiger partial charge is 0.438 e. The quantitative estimate of drug-likeness (QED) is 0.639. The Labute approximate surface area is 182 Å². The van der Waals surface area contributed by atoms with Crippen LogP contribution in [0.5, 0.6) is 0 Å². The highest BCUT2D eigenvalue weighted by Crippen LogP contribution is 2.29. The predicted octanol–water partition coefficient (Wildman–Crippen LogP) is 2.74. The van der Waals surface area contributed by atoms with E-state index in [9.17, 15) is 13.2 Å². The molecule has 1 aliphatic rings. The summed E-state index contributed by atoms with van der Waals surface area (Å²) in [6.07, 6.45) is 0. The lowest BCUT2D eigenvalue weighted by Gasteiger charge is -2.39. The topological polar surface area (TPSA) is 82.9 Å². The molecular weight excluding hydrogens is 414 g/mol. The molecule has 0 spiro atoms. The number of amides is 1. The number of nitrogens with one attached hydrogen (secondary N) is 1. The second-order valence-corrected chi connectivity index (χ2v) is 9.20. The van der Waals surface area contributed by atoms with E-state index < -0.39 is 10.0 Å². The van der Waals surface area contributed by atoms with E-state index in [1.807, 2.05) is 36.4 Å². The zero-order valence-corrected chi connectivity index (χ0v) is 18.1. The third kappa shape index (κ3) is 4.56. The smallest absolute Gasteiger partial charge is 0.289 e. The summed E-state index contributed by atoms with van der Waals surface area (Å²) in [5.74, 6) is -0.266. The van der Waals surface area contributed by atoms with Crippen LogP contribution in [0.25, 0.3) is 0 Å². The van der Waals surface area contributed by atoms with E-state index in [0.717, 1.165) is 0 Å². The summed E-state index contributed by atoms with van der Waals surface area (Å²) in [7, 11) is -2.42. The van der Waals surface area contributed by atoms with Crippen LogP contribution in [0.4, 0.5) is 0 Å². The Morgan fingerprint density at radius 3 is 1.94 bits per heavy atom. The van der Waals surface area contributed by atoms with Gasteiger partial charge in [0.15, 0.2) is 5.76 Å². The van der Waals surface area contributed by atoms with Gasteiger partial charge in [-0.1, -0.05) is 60.7 Å². The van der Waals surface area contributed by atoms with Crippen LogP contribution in [-0.4, -0.2) is 57.4 Å². The average molecular weight is 440 g/mol. The van der Waals surface area contributed by atoms with Crippen LogP contribution >= 0.6 is 0 Å². The molecule has 4 rings (SSSR count). The van der Waals surface area contributed by atoms with Crippen molar-refractivity contribution < 1.29 is 17.6 Å². The van der Waals surface area contributed by atoms with Crippen molar-refractivity contribution in [3.05, 3.63) is 89.7 Å². The standard InChI is InChI=1S/C23H25N3O4S/c1-24-31(28,29)21-13-12-20(30-21)23(27)26-16-14-25(15-17-26)22(18-8-4-2-5-9-18)19-10-6-3-7-11-19/h2-13,22,24H,14-17H2,1H3. The molecule has 1 saturated heterocycles. The van der Waals surface area contributed by atoms with E-state index in [2.05, 4.69) is 33.9 Å². The first kappa shape index (κ1) is 21.3. The molecule has 3 aromatic rings. The summed E-state index contributed by atoms with van der Waals surface area (Å²) in [4.78, 5) is 16.9. The van der Waals surface area contributed by atoms with Gasteiger partial charge >= 0.3 is 0 Å². The number of sulfonamides is 1. The zero-order valence-electron chi connectivity index (χ0n) is 17.3. The lowest BCUT2D eigenvalue weighted by molar-refractivity contribution is 0.0562. The molecule has 0 unspecified atom stereocenters. The van der Waals surface area contributed by atoms with Gasteiger partial charge in [0, 0.05) is 26.2 Å². The van der Waals surface area contributed by atoms with Crippen molar-refractivity contribution in [2.75, 3.05) is 33.2 Å². The number of carbonyl (C=O) groups is 1. The molecule has 2 aromatic carbocycles. The fourth-order valence-electron chi connectivity index (χ4n) is 3.90. The number of piperazine rings is 1. The first-order valence-corrected chi connectivity index (χ1v) is 11.6. The molecule has 0 aliphatic carbocycles. The highest BCUT2D eigenvalue weighted by Gasteiger charge is 2.30. The third-order valence-corrected chi connectivity index (χ3v) is 6.81. The number of furan rings is 1. The second-order valence-electron chi connectivity index (χ2n) is 7.38. The van der Waals surface area contributed by atoms with Crippen molar-refractivity contribution in [3.63, 3.8) is 0 Å².